The number of methoxy groups -OCH3 is 2. The second-order valence-corrected chi connectivity index (χ2v) is 7.32. The van der Waals surface area contributed by atoms with E-state index in [9.17, 15) is 22.4 Å². The third kappa shape index (κ3) is 5.66. The molecule has 1 heterocycles. The predicted molar refractivity (Wildman–Crippen MR) is 112 cm³/mol. The van der Waals surface area contributed by atoms with Gasteiger partial charge in [0, 0.05) is 38.3 Å². The summed E-state index contributed by atoms with van der Waals surface area (Å²) in [6.07, 6.45) is -2.06. The predicted octanol–water partition coefficient (Wildman–Crippen LogP) is 4.16. The number of nitrogens with zero attached hydrogens (tertiary/aromatic N) is 1. The highest BCUT2D eigenvalue weighted by Crippen LogP contribution is 2.42. The number of ether oxygens (including phenoxy) is 2. The highest BCUT2D eigenvalue weighted by Gasteiger charge is 2.37. The van der Waals surface area contributed by atoms with Gasteiger partial charge in [-0.05, 0) is 41.5 Å². The van der Waals surface area contributed by atoms with Crippen LogP contribution in [0.5, 0.6) is 11.5 Å². The largest absolute Gasteiger partial charge is 0.493 e. The number of piperazine rings is 1. The van der Waals surface area contributed by atoms with Crippen LogP contribution in [0.25, 0.3) is 6.08 Å². The summed E-state index contributed by atoms with van der Waals surface area (Å²) in [5.74, 6) is -1.72. The third-order valence-electron chi connectivity index (χ3n) is 5.19. The van der Waals surface area contributed by atoms with Crippen molar-refractivity contribution in [3.05, 3.63) is 64.5 Å². The number of carbonyl (C=O) groups excluding carboxylic acids is 1. The van der Waals surface area contributed by atoms with Crippen LogP contribution in [0, 0.1) is 5.82 Å². The van der Waals surface area contributed by atoms with Crippen molar-refractivity contribution >= 4 is 11.9 Å². The Morgan fingerprint density at radius 3 is 2.47 bits per heavy atom. The number of hydrogen-bond donors (Lipinski definition) is 1. The highest BCUT2D eigenvalue weighted by atomic mass is 19.4. The number of rotatable bonds is 7. The Hall–Kier alpha value is -2.91. The van der Waals surface area contributed by atoms with Crippen LogP contribution in [-0.2, 0) is 12.7 Å². The van der Waals surface area contributed by atoms with E-state index in [0.717, 1.165) is 39.4 Å². The van der Waals surface area contributed by atoms with Gasteiger partial charge in [-0.1, -0.05) is 12.1 Å². The average Bonchev–Trinajstić information content (AvgIpc) is 2.77. The Balaban J connectivity index is 1.89. The molecule has 5 nitrogen and oxygen atoms in total. The first-order valence-corrected chi connectivity index (χ1v) is 10.00. The zero-order chi connectivity index (χ0) is 23.3. The Morgan fingerprint density at radius 2 is 1.84 bits per heavy atom. The van der Waals surface area contributed by atoms with Crippen LogP contribution in [-0.4, -0.2) is 51.1 Å². The van der Waals surface area contributed by atoms with Crippen LogP contribution >= 0.6 is 0 Å². The lowest BCUT2D eigenvalue weighted by molar-refractivity contribution is -0.138. The Kier molecular flexibility index (Phi) is 7.52. The average molecular weight is 452 g/mol. The molecule has 2 aromatic carbocycles. The molecule has 0 amide bonds. The molecule has 0 saturated carbocycles. The van der Waals surface area contributed by atoms with Gasteiger partial charge < -0.3 is 14.8 Å². The van der Waals surface area contributed by atoms with E-state index in [2.05, 4.69) is 10.2 Å². The topological polar surface area (TPSA) is 50.8 Å². The molecule has 9 heteroatoms. The SMILES string of the molecule is COc1cc(C(=O)/C=C/c2ccc(F)cc2CN2CCNCC2)cc(C(F)(F)F)c1OC. The van der Waals surface area contributed by atoms with Crippen molar-refractivity contribution in [2.75, 3.05) is 40.4 Å². The summed E-state index contributed by atoms with van der Waals surface area (Å²) in [6.45, 7) is 3.79. The molecule has 172 valence electrons. The maximum absolute atomic E-state index is 13.8. The van der Waals surface area contributed by atoms with Gasteiger partial charge in [0.05, 0.1) is 14.2 Å². The highest BCUT2D eigenvalue weighted by molar-refractivity contribution is 6.07. The van der Waals surface area contributed by atoms with E-state index in [0.29, 0.717) is 17.7 Å². The van der Waals surface area contributed by atoms with E-state index >= 15 is 0 Å². The minimum absolute atomic E-state index is 0.194. The van der Waals surface area contributed by atoms with Gasteiger partial charge in [-0.15, -0.1) is 0 Å². The van der Waals surface area contributed by atoms with Crippen LogP contribution in [0.4, 0.5) is 17.6 Å². The van der Waals surface area contributed by atoms with Crippen molar-refractivity contribution in [2.24, 2.45) is 0 Å². The fourth-order valence-corrected chi connectivity index (χ4v) is 3.56. The molecular weight excluding hydrogens is 428 g/mol. The summed E-state index contributed by atoms with van der Waals surface area (Å²) in [4.78, 5) is 14.9. The summed E-state index contributed by atoms with van der Waals surface area (Å²) >= 11 is 0. The zero-order valence-electron chi connectivity index (χ0n) is 17.8. The normalized spacial score (nSPS) is 15.2. The van der Waals surface area contributed by atoms with Crippen LogP contribution in [0.1, 0.15) is 27.0 Å². The summed E-state index contributed by atoms with van der Waals surface area (Å²) in [7, 11) is 2.30. The monoisotopic (exact) mass is 452 g/mol. The molecular formula is C23H24F4N2O3. The summed E-state index contributed by atoms with van der Waals surface area (Å²) in [5, 5.41) is 3.24. The van der Waals surface area contributed by atoms with Crippen LogP contribution < -0.4 is 14.8 Å². The number of halogens is 4. The van der Waals surface area contributed by atoms with Gasteiger partial charge >= 0.3 is 6.18 Å². The number of allylic oxidation sites excluding steroid dienone is 1. The van der Waals surface area contributed by atoms with Gasteiger partial charge in [-0.2, -0.15) is 13.2 Å². The van der Waals surface area contributed by atoms with Gasteiger partial charge in [0.2, 0.25) is 0 Å². The second kappa shape index (κ2) is 10.1. The fourth-order valence-electron chi connectivity index (χ4n) is 3.56. The van der Waals surface area contributed by atoms with Crippen LogP contribution in [0.3, 0.4) is 0 Å². The summed E-state index contributed by atoms with van der Waals surface area (Å²) in [5.41, 5.74) is 0.0170. The van der Waals surface area contributed by atoms with E-state index in [1.165, 1.54) is 37.5 Å². The zero-order valence-corrected chi connectivity index (χ0v) is 17.8. The minimum Gasteiger partial charge on any atom is -0.493 e. The number of hydrogen-bond acceptors (Lipinski definition) is 5. The number of nitrogens with one attached hydrogen (secondary N) is 1. The van der Waals surface area contributed by atoms with Crippen molar-refractivity contribution in [1.29, 1.82) is 0 Å². The standard InChI is InChI=1S/C23H24F4N2O3/c1-31-21-13-16(12-19(22(21)32-2)23(25,26)27)20(30)6-4-15-3-5-18(24)11-17(15)14-29-9-7-28-8-10-29/h3-6,11-13,28H,7-10,14H2,1-2H3/b6-4+. The Morgan fingerprint density at radius 1 is 1.12 bits per heavy atom. The van der Waals surface area contributed by atoms with Crippen molar-refractivity contribution in [1.82, 2.24) is 10.2 Å². The molecule has 0 aromatic heterocycles. The molecule has 0 atom stereocenters. The van der Waals surface area contributed by atoms with E-state index < -0.39 is 29.1 Å². The quantitative estimate of drug-likeness (QED) is 0.388. The molecule has 0 spiro atoms. The molecule has 1 aliphatic heterocycles. The van der Waals surface area contributed by atoms with Crippen molar-refractivity contribution in [3.8, 4) is 11.5 Å². The van der Waals surface area contributed by atoms with E-state index in [-0.39, 0.29) is 11.3 Å². The summed E-state index contributed by atoms with van der Waals surface area (Å²) in [6, 6.07) is 6.17. The smallest absolute Gasteiger partial charge is 0.420 e. The van der Waals surface area contributed by atoms with Crippen molar-refractivity contribution in [2.45, 2.75) is 12.7 Å². The lowest BCUT2D eigenvalue weighted by Gasteiger charge is -2.27. The molecule has 0 bridgehead atoms. The van der Waals surface area contributed by atoms with Crippen LogP contribution in [0.2, 0.25) is 0 Å². The molecule has 0 unspecified atom stereocenters. The minimum atomic E-state index is -4.73. The number of alkyl halides is 3. The van der Waals surface area contributed by atoms with Gasteiger partial charge in [-0.25, -0.2) is 4.39 Å². The molecule has 2 aromatic rings. The molecule has 0 aliphatic carbocycles. The first kappa shape index (κ1) is 23.7. The maximum atomic E-state index is 13.8. The molecule has 32 heavy (non-hydrogen) atoms. The molecule has 1 fully saturated rings. The summed E-state index contributed by atoms with van der Waals surface area (Å²) < 4.78 is 64.0. The molecule has 1 saturated heterocycles. The first-order chi connectivity index (χ1) is 15.2. The van der Waals surface area contributed by atoms with E-state index in [1.807, 2.05) is 0 Å². The lowest BCUT2D eigenvalue weighted by atomic mass is 10.0. The van der Waals surface area contributed by atoms with Gasteiger partial charge in [0.15, 0.2) is 17.3 Å². The van der Waals surface area contributed by atoms with Crippen LogP contribution in [0.15, 0.2) is 36.4 Å². The second-order valence-electron chi connectivity index (χ2n) is 7.32. The van der Waals surface area contributed by atoms with Crippen molar-refractivity contribution in [3.63, 3.8) is 0 Å². The molecule has 1 aliphatic rings. The van der Waals surface area contributed by atoms with Gasteiger partial charge in [-0.3, -0.25) is 9.69 Å². The van der Waals surface area contributed by atoms with E-state index in [4.69, 9.17) is 9.47 Å². The number of carbonyl (C=O) groups is 1. The molecule has 1 N–H and O–H groups in total. The van der Waals surface area contributed by atoms with Gasteiger partial charge in [0.25, 0.3) is 0 Å². The number of benzene rings is 2. The molecule has 0 radical (unpaired) electrons. The molecule has 3 rings (SSSR count). The Bertz CT molecular complexity index is 999. The lowest BCUT2D eigenvalue weighted by Crippen LogP contribution is -2.43. The van der Waals surface area contributed by atoms with E-state index in [1.54, 1.807) is 6.07 Å². The van der Waals surface area contributed by atoms with Gasteiger partial charge in [0.1, 0.15) is 11.4 Å². The third-order valence-corrected chi connectivity index (χ3v) is 5.19. The fraction of sp³-hybridized carbons (Fsp3) is 0.348. The maximum Gasteiger partial charge on any atom is 0.420 e. The first-order valence-electron chi connectivity index (χ1n) is 10.00. The number of ketones is 1. The Labute approximate surface area is 183 Å². The van der Waals surface area contributed by atoms with Crippen molar-refractivity contribution < 1.29 is 31.8 Å².